The number of ether oxygens (including phenoxy) is 2. The molecule has 0 atom stereocenters. The molecule has 1 saturated carbocycles. The van der Waals surface area contributed by atoms with E-state index in [-0.39, 0.29) is 11.5 Å². The zero-order valence-corrected chi connectivity index (χ0v) is 17.3. The molecule has 0 amide bonds. The van der Waals surface area contributed by atoms with Crippen molar-refractivity contribution in [2.45, 2.75) is 57.7 Å². The van der Waals surface area contributed by atoms with Crippen LogP contribution in [0.15, 0.2) is 24.3 Å². The number of methoxy groups -OCH3 is 1. The van der Waals surface area contributed by atoms with E-state index in [9.17, 15) is 26.3 Å². The molecule has 2 nitrogen and oxygen atoms in total. The van der Waals surface area contributed by atoms with Crippen LogP contribution in [0.25, 0.3) is 11.1 Å². The van der Waals surface area contributed by atoms with E-state index >= 15 is 0 Å². The first-order valence-electron chi connectivity index (χ1n) is 10.3. The summed E-state index contributed by atoms with van der Waals surface area (Å²) in [4.78, 5) is 0. The molecule has 0 saturated heterocycles. The molecule has 8 heteroatoms. The highest BCUT2D eigenvalue weighted by molar-refractivity contribution is 5.74. The number of benzene rings is 2. The van der Waals surface area contributed by atoms with Gasteiger partial charge in [0.05, 0.1) is 12.7 Å². The van der Waals surface area contributed by atoms with Gasteiger partial charge in [-0.05, 0) is 49.1 Å². The first-order chi connectivity index (χ1) is 14.6. The van der Waals surface area contributed by atoms with E-state index in [2.05, 4.69) is 11.7 Å². The summed E-state index contributed by atoms with van der Waals surface area (Å²) >= 11 is 0. The van der Waals surface area contributed by atoms with Crippen molar-refractivity contribution in [1.82, 2.24) is 0 Å². The van der Waals surface area contributed by atoms with Crippen molar-refractivity contribution in [3.8, 4) is 22.6 Å². The monoisotopic (exact) mass is 446 g/mol. The van der Waals surface area contributed by atoms with Gasteiger partial charge in [0, 0.05) is 11.6 Å². The smallest absolute Gasteiger partial charge is 0.496 e. The van der Waals surface area contributed by atoms with Crippen LogP contribution < -0.4 is 9.47 Å². The maximum absolute atomic E-state index is 15.0. The van der Waals surface area contributed by atoms with Gasteiger partial charge in [0.15, 0.2) is 11.6 Å². The summed E-state index contributed by atoms with van der Waals surface area (Å²) in [6, 6.07) is 4.74. The SMILES string of the molecule is CCCC1CCC(c2ccc(-c3c(OC)cc(F)c(OC(F)(F)F)c3F)c(F)c2)CC1. The Labute approximate surface area is 177 Å². The van der Waals surface area contributed by atoms with Crippen LogP contribution in [-0.4, -0.2) is 13.5 Å². The lowest BCUT2D eigenvalue weighted by molar-refractivity contribution is -0.276. The highest BCUT2D eigenvalue weighted by atomic mass is 19.4. The van der Waals surface area contributed by atoms with Gasteiger partial charge in [-0.2, -0.15) is 0 Å². The zero-order chi connectivity index (χ0) is 22.8. The molecule has 31 heavy (non-hydrogen) atoms. The standard InChI is InChI=1S/C23H24F6O2/c1-3-4-13-5-7-14(8-6-13)15-9-10-16(17(24)11-15)20-19(30-2)12-18(25)22(21(20)26)31-23(27,28)29/h9-14H,3-8H2,1-2H3. The van der Waals surface area contributed by atoms with Crippen molar-refractivity contribution in [1.29, 1.82) is 0 Å². The fourth-order valence-corrected chi connectivity index (χ4v) is 4.38. The van der Waals surface area contributed by atoms with E-state index in [1.165, 1.54) is 18.6 Å². The lowest BCUT2D eigenvalue weighted by Gasteiger charge is -2.28. The average molecular weight is 446 g/mol. The minimum Gasteiger partial charge on any atom is -0.496 e. The summed E-state index contributed by atoms with van der Waals surface area (Å²) in [5.74, 6) is -5.35. The molecule has 0 heterocycles. The predicted molar refractivity (Wildman–Crippen MR) is 105 cm³/mol. The van der Waals surface area contributed by atoms with Gasteiger partial charge in [-0.1, -0.05) is 31.9 Å². The van der Waals surface area contributed by atoms with Crippen molar-refractivity contribution in [2.24, 2.45) is 5.92 Å². The Bertz CT molecular complexity index is 917. The molecule has 1 aliphatic rings. The summed E-state index contributed by atoms with van der Waals surface area (Å²) in [6.45, 7) is 2.15. The first kappa shape index (κ1) is 23.3. The van der Waals surface area contributed by atoms with Gasteiger partial charge >= 0.3 is 6.36 Å². The number of hydrogen-bond acceptors (Lipinski definition) is 2. The molecule has 0 aromatic heterocycles. The van der Waals surface area contributed by atoms with E-state index in [1.54, 1.807) is 6.07 Å². The molecule has 1 fully saturated rings. The number of hydrogen-bond donors (Lipinski definition) is 0. The average Bonchev–Trinajstić information content (AvgIpc) is 2.71. The van der Waals surface area contributed by atoms with Crippen molar-refractivity contribution in [2.75, 3.05) is 7.11 Å². The molecule has 0 radical (unpaired) electrons. The van der Waals surface area contributed by atoms with Crippen LogP contribution in [0.1, 0.15) is 56.9 Å². The third kappa shape index (κ3) is 5.28. The molecule has 0 unspecified atom stereocenters. The van der Waals surface area contributed by atoms with Crippen LogP contribution in [0.5, 0.6) is 11.5 Å². The lowest BCUT2D eigenvalue weighted by Crippen LogP contribution is -2.19. The Morgan fingerprint density at radius 3 is 2.19 bits per heavy atom. The van der Waals surface area contributed by atoms with Gasteiger partial charge in [-0.15, -0.1) is 13.2 Å². The lowest BCUT2D eigenvalue weighted by atomic mass is 9.77. The topological polar surface area (TPSA) is 18.5 Å². The fourth-order valence-electron chi connectivity index (χ4n) is 4.38. The Morgan fingerprint density at radius 2 is 1.65 bits per heavy atom. The van der Waals surface area contributed by atoms with Crippen molar-refractivity contribution < 1.29 is 35.8 Å². The Balaban J connectivity index is 1.95. The molecular weight excluding hydrogens is 422 g/mol. The van der Waals surface area contributed by atoms with Crippen molar-refractivity contribution >= 4 is 0 Å². The summed E-state index contributed by atoms with van der Waals surface area (Å²) < 4.78 is 89.9. The van der Waals surface area contributed by atoms with Gasteiger partial charge in [0.1, 0.15) is 11.6 Å². The first-order valence-corrected chi connectivity index (χ1v) is 10.3. The number of rotatable bonds is 6. The van der Waals surface area contributed by atoms with Gasteiger partial charge in [0.2, 0.25) is 5.75 Å². The number of halogens is 6. The summed E-state index contributed by atoms with van der Waals surface area (Å²) in [7, 11) is 1.09. The van der Waals surface area contributed by atoms with Crippen LogP contribution in [-0.2, 0) is 0 Å². The second-order valence-corrected chi connectivity index (χ2v) is 7.87. The van der Waals surface area contributed by atoms with Gasteiger partial charge in [-0.25, -0.2) is 13.2 Å². The summed E-state index contributed by atoms with van der Waals surface area (Å²) in [5, 5.41) is 0. The fraction of sp³-hybridized carbons (Fsp3) is 0.478. The van der Waals surface area contributed by atoms with Crippen LogP contribution >= 0.6 is 0 Å². The Hall–Kier alpha value is -2.38. The van der Waals surface area contributed by atoms with Crippen molar-refractivity contribution in [3.05, 3.63) is 47.3 Å². The summed E-state index contributed by atoms with van der Waals surface area (Å²) in [6.07, 6.45) is 0.936. The maximum Gasteiger partial charge on any atom is 0.573 e. The highest BCUT2D eigenvalue weighted by Crippen LogP contribution is 2.43. The molecule has 1 aliphatic carbocycles. The minimum atomic E-state index is -5.31. The van der Waals surface area contributed by atoms with Crippen LogP contribution in [0.4, 0.5) is 26.3 Å². The van der Waals surface area contributed by atoms with Crippen molar-refractivity contribution in [3.63, 3.8) is 0 Å². The highest BCUT2D eigenvalue weighted by Gasteiger charge is 2.36. The molecule has 0 bridgehead atoms. The predicted octanol–water partition coefficient (Wildman–Crippen LogP) is 7.75. The van der Waals surface area contributed by atoms with E-state index in [0.717, 1.165) is 44.8 Å². The largest absolute Gasteiger partial charge is 0.573 e. The summed E-state index contributed by atoms with van der Waals surface area (Å²) in [5.41, 5.74) is -0.201. The third-order valence-electron chi connectivity index (χ3n) is 5.86. The Morgan fingerprint density at radius 1 is 0.968 bits per heavy atom. The van der Waals surface area contributed by atoms with Gasteiger partial charge in [0.25, 0.3) is 0 Å². The second-order valence-electron chi connectivity index (χ2n) is 7.87. The van der Waals surface area contributed by atoms with Crippen LogP contribution in [0.3, 0.4) is 0 Å². The molecular formula is C23H24F6O2. The molecule has 2 aromatic rings. The van der Waals surface area contributed by atoms with E-state index < -0.39 is 40.9 Å². The second kappa shape index (κ2) is 9.40. The molecule has 170 valence electrons. The van der Waals surface area contributed by atoms with Crippen LogP contribution in [0, 0.1) is 23.4 Å². The molecule has 2 aromatic carbocycles. The third-order valence-corrected chi connectivity index (χ3v) is 5.86. The number of alkyl halides is 3. The molecule has 3 rings (SSSR count). The van der Waals surface area contributed by atoms with E-state index in [0.29, 0.717) is 12.0 Å². The Kier molecular flexibility index (Phi) is 7.06. The normalized spacial score (nSPS) is 19.4. The van der Waals surface area contributed by atoms with E-state index in [4.69, 9.17) is 4.74 Å². The van der Waals surface area contributed by atoms with E-state index in [1.807, 2.05) is 0 Å². The minimum absolute atomic E-state index is 0.167. The maximum atomic E-state index is 15.0. The molecule has 0 spiro atoms. The van der Waals surface area contributed by atoms with Crippen LogP contribution in [0.2, 0.25) is 0 Å². The molecule has 0 aliphatic heterocycles. The van der Waals surface area contributed by atoms with Gasteiger partial charge in [-0.3, -0.25) is 0 Å². The molecule has 0 N–H and O–H groups in total. The zero-order valence-electron chi connectivity index (χ0n) is 17.3. The quantitative estimate of drug-likeness (QED) is 0.422. The van der Waals surface area contributed by atoms with Gasteiger partial charge < -0.3 is 9.47 Å².